The standard InChI is InChI=1S/C21H14ClN3/c22-21-24-19(16-10-5-2-6-11-16)23-20(25-21)18-13-7-12-17(14-18)15-8-3-1-4-9-15/h1-14H/i2D,5D,6D,10D,11D. The normalized spacial score (nSPS) is 13.4. The summed E-state index contributed by atoms with van der Waals surface area (Å²) in [5, 5.41) is -0.132. The molecule has 4 heteroatoms. The lowest BCUT2D eigenvalue weighted by molar-refractivity contribution is 1.07. The van der Waals surface area contributed by atoms with E-state index in [4.69, 9.17) is 18.5 Å². The fourth-order valence-corrected chi connectivity index (χ4v) is 2.58. The van der Waals surface area contributed by atoms with E-state index >= 15 is 0 Å². The minimum Gasteiger partial charge on any atom is -0.208 e. The molecule has 0 aliphatic carbocycles. The SMILES string of the molecule is [2H]c1c([2H])c([2H])c(-c2nc(Cl)nc(-c3cccc(-c4ccccc4)c3)n2)c([2H])c1[2H]. The molecule has 0 aliphatic rings. The van der Waals surface area contributed by atoms with Crippen LogP contribution in [-0.4, -0.2) is 15.0 Å². The first kappa shape index (κ1) is 10.7. The first-order valence-electron chi connectivity index (χ1n) is 10.0. The summed E-state index contributed by atoms with van der Waals surface area (Å²) in [5.74, 6) is 0.168. The lowest BCUT2D eigenvalue weighted by Gasteiger charge is -2.07. The van der Waals surface area contributed by atoms with Crippen molar-refractivity contribution in [1.82, 2.24) is 15.0 Å². The van der Waals surface area contributed by atoms with E-state index in [1.165, 1.54) is 0 Å². The van der Waals surface area contributed by atoms with Crippen LogP contribution in [0.25, 0.3) is 33.9 Å². The molecule has 1 aromatic heterocycles. The van der Waals surface area contributed by atoms with Crippen LogP contribution in [0.5, 0.6) is 0 Å². The molecule has 0 radical (unpaired) electrons. The Labute approximate surface area is 158 Å². The zero-order valence-corrected chi connectivity index (χ0v) is 13.7. The van der Waals surface area contributed by atoms with E-state index < -0.39 is 30.2 Å². The Bertz CT molecular complexity index is 1240. The van der Waals surface area contributed by atoms with Gasteiger partial charge < -0.3 is 0 Å². The van der Waals surface area contributed by atoms with E-state index in [-0.39, 0.29) is 22.5 Å². The van der Waals surface area contributed by atoms with Gasteiger partial charge in [0.2, 0.25) is 5.28 Å². The van der Waals surface area contributed by atoms with Crippen LogP contribution in [0.3, 0.4) is 0 Å². The van der Waals surface area contributed by atoms with Crippen LogP contribution in [-0.2, 0) is 0 Å². The molecule has 25 heavy (non-hydrogen) atoms. The Kier molecular flexibility index (Phi) is 2.94. The van der Waals surface area contributed by atoms with Crippen molar-refractivity contribution < 1.29 is 6.85 Å². The molecular formula is C21H14ClN3. The average molecular weight is 349 g/mol. The lowest BCUT2D eigenvalue weighted by Crippen LogP contribution is -1.97. The number of aromatic nitrogens is 3. The maximum absolute atomic E-state index is 8.15. The first-order valence-corrected chi connectivity index (χ1v) is 7.89. The molecule has 0 amide bonds. The van der Waals surface area contributed by atoms with E-state index in [1.807, 2.05) is 54.6 Å². The number of benzene rings is 3. The molecule has 0 unspecified atom stereocenters. The first-order chi connectivity index (χ1) is 14.4. The predicted octanol–water partition coefficient (Wildman–Crippen LogP) is 5.53. The zero-order valence-electron chi connectivity index (χ0n) is 17.9. The van der Waals surface area contributed by atoms with Crippen LogP contribution >= 0.6 is 11.6 Å². The van der Waals surface area contributed by atoms with Gasteiger partial charge in [-0.15, -0.1) is 0 Å². The highest BCUT2D eigenvalue weighted by atomic mass is 35.5. The van der Waals surface area contributed by atoms with Gasteiger partial charge in [0.15, 0.2) is 11.6 Å². The topological polar surface area (TPSA) is 38.7 Å². The zero-order chi connectivity index (χ0) is 21.4. The summed E-state index contributed by atoms with van der Waals surface area (Å²) >= 11 is 6.11. The molecule has 0 bridgehead atoms. The third-order valence-corrected chi connectivity index (χ3v) is 3.73. The predicted molar refractivity (Wildman–Crippen MR) is 101 cm³/mol. The molecule has 3 nitrogen and oxygen atoms in total. The quantitative estimate of drug-likeness (QED) is 0.489. The van der Waals surface area contributed by atoms with Crippen LogP contribution in [0.4, 0.5) is 0 Å². The van der Waals surface area contributed by atoms with Gasteiger partial charge in [0.25, 0.3) is 0 Å². The van der Waals surface area contributed by atoms with E-state index in [1.54, 1.807) is 0 Å². The molecule has 0 fully saturated rings. The molecule has 4 aromatic rings. The molecule has 0 saturated heterocycles. The van der Waals surface area contributed by atoms with Gasteiger partial charge in [0.1, 0.15) is 0 Å². The molecule has 0 spiro atoms. The Hall–Kier alpha value is -3.04. The van der Waals surface area contributed by atoms with Gasteiger partial charge in [0, 0.05) is 11.1 Å². The minimum absolute atomic E-state index is 0.0767. The maximum atomic E-state index is 8.15. The van der Waals surface area contributed by atoms with Gasteiger partial charge in [-0.1, -0.05) is 78.7 Å². The highest BCUT2D eigenvalue weighted by molar-refractivity contribution is 6.28. The average Bonchev–Trinajstić information content (AvgIpc) is 2.77. The summed E-state index contributed by atoms with van der Waals surface area (Å²) in [6.07, 6.45) is 0. The Morgan fingerprint density at radius 3 is 2.04 bits per heavy atom. The van der Waals surface area contributed by atoms with Crippen LogP contribution < -0.4 is 0 Å². The summed E-state index contributed by atoms with van der Waals surface area (Å²) in [7, 11) is 0. The van der Waals surface area contributed by atoms with E-state index in [2.05, 4.69) is 15.0 Å². The molecular weight excluding hydrogens is 330 g/mol. The van der Waals surface area contributed by atoms with Crippen molar-refractivity contribution in [2.45, 2.75) is 0 Å². The van der Waals surface area contributed by atoms with Crippen molar-refractivity contribution in [2.75, 3.05) is 0 Å². The highest BCUT2D eigenvalue weighted by Gasteiger charge is 2.10. The Morgan fingerprint density at radius 2 is 1.28 bits per heavy atom. The fourth-order valence-electron chi connectivity index (χ4n) is 2.42. The van der Waals surface area contributed by atoms with Crippen LogP contribution in [0.15, 0.2) is 84.8 Å². The van der Waals surface area contributed by atoms with Crippen molar-refractivity contribution in [2.24, 2.45) is 0 Å². The molecule has 4 rings (SSSR count). The van der Waals surface area contributed by atoms with E-state index in [0.29, 0.717) is 5.56 Å². The van der Waals surface area contributed by atoms with Crippen LogP contribution in [0.2, 0.25) is 5.28 Å². The van der Waals surface area contributed by atoms with Crippen molar-refractivity contribution in [1.29, 1.82) is 0 Å². The third kappa shape index (κ3) is 3.42. The molecule has 1 heterocycles. The smallest absolute Gasteiger partial charge is 0.208 e. The molecule has 3 aromatic carbocycles. The van der Waals surface area contributed by atoms with Gasteiger partial charge in [-0.3, -0.25) is 0 Å². The summed E-state index contributed by atoms with van der Waals surface area (Å²) in [4.78, 5) is 12.6. The Morgan fingerprint density at radius 1 is 0.640 bits per heavy atom. The summed E-state index contributed by atoms with van der Waals surface area (Å²) in [6, 6.07) is 15.1. The minimum atomic E-state index is -0.482. The van der Waals surface area contributed by atoms with Crippen LogP contribution in [0.1, 0.15) is 6.85 Å². The molecule has 120 valence electrons. The third-order valence-electron chi connectivity index (χ3n) is 3.56. The highest BCUT2D eigenvalue weighted by Crippen LogP contribution is 2.26. The summed E-state index contributed by atoms with van der Waals surface area (Å²) < 4.78 is 39.8. The lowest BCUT2D eigenvalue weighted by atomic mass is 10.0. The number of nitrogens with zero attached hydrogens (tertiary/aromatic N) is 3. The van der Waals surface area contributed by atoms with Gasteiger partial charge in [-0.05, 0) is 28.8 Å². The van der Waals surface area contributed by atoms with Gasteiger partial charge >= 0.3 is 0 Å². The van der Waals surface area contributed by atoms with E-state index in [9.17, 15) is 0 Å². The number of halogens is 1. The van der Waals surface area contributed by atoms with Crippen molar-refractivity contribution in [3.05, 3.63) is 90.1 Å². The van der Waals surface area contributed by atoms with Crippen molar-refractivity contribution >= 4 is 11.6 Å². The maximum Gasteiger partial charge on any atom is 0.226 e. The van der Waals surface area contributed by atoms with Gasteiger partial charge in [-0.2, -0.15) is 9.97 Å². The second-order valence-corrected chi connectivity index (χ2v) is 5.54. The van der Waals surface area contributed by atoms with Crippen molar-refractivity contribution in [3.8, 4) is 33.9 Å². The molecule has 0 N–H and O–H groups in total. The number of hydrogen-bond acceptors (Lipinski definition) is 3. The van der Waals surface area contributed by atoms with E-state index in [0.717, 1.165) is 11.1 Å². The van der Waals surface area contributed by atoms with Gasteiger partial charge in [0.05, 0.1) is 6.85 Å². The number of hydrogen-bond donors (Lipinski definition) is 0. The number of rotatable bonds is 3. The second-order valence-electron chi connectivity index (χ2n) is 5.20. The Balaban J connectivity index is 1.88. The monoisotopic (exact) mass is 348 g/mol. The van der Waals surface area contributed by atoms with Crippen LogP contribution in [0, 0.1) is 0 Å². The second kappa shape index (κ2) is 6.83. The summed E-state index contributed by atoms with van der Waals surface area (Å²) in [6.45, 7) is 0. The largest absolute Gasteiger partial charge is 0.226 e. The van der Waals surface area contributed by atoms with Crippen molar-refractivity contribution in [3.63, 3.8) is 0 Å². The van der Waals surface area contributed by atoms with Gasteiger partial charge in [-0.25, -0.2) is 4.98 Å². The molecule has 0 saturated carbocycles. The fraction of sp³-hybridized carbons (Fsp3) is 0. The molecule has 0 aliphatic heterocycles. The molecule has 0 atom stereocenters. The summed E-state index contributed by atoms with van der Waals surface area (Å²) in [5.41, 5.74) is 2.51.